The molecule has 1 spiro atoms. The molecule has 1 aromatic heterocycles. The van der Waals surface area contributed by atoms with E-state index in [1.807, 2.05) is 12.1 Å². The van der Waals surface area contributed by atoms with Crippen LogP contribution in [0.3, 0.4) is 0 Å². The lowest BCUT2D eigenvalue weighted by Gasteiger charge is -2.42. The van der Waals surface area contributed by atoms with Crippen molar-refractivity contribution in [3.05, 3.63) is 79.6 Å². The van der Waals surface area contributed by atoms with E-state index in [9.17, 15) is 4.79 Å². The second-order valence-electron chi connectivity index (χ2n) is 10.8. The molecule has 0 atom stereocenters. The SMILES string of the molecule is O=c1c2c(nc(SCc3ccc(Cl)cc3Cl)n1C1CCCCC1)-c1ccccc1CC21CCCCC1. The monoisotopic (exact) mass is 538 g/mol. The summed E-state index contributed by atoms with van der Waals surface area (Å²) in [6.07, 6.45) is 12.5. The van der Waals surface area contributed by atoms with E-state index in [2.05, 4.69) is 28.8 Å². The van der Waals surface area contributed by atoms with E-state index in [0.29, 0.717) is 15.8 Å². The van der Waals surface area contributed by atoms with Crippen molar-refractivity contribution in [3.8, 4) is 11.3 Å². The van der Waals surface area contributed by atoms with Gasteiger partial charge in [0.25, 0.3) is 5.56 Å². The number of fused-ring (bicyclic) bond motifs is 4. The molecule has 0 saturated heterocycles. The first-order valence-electron chi connectivity index (χ1n) is 13.4. The fraction of sp³-hybridized carbons (Fsp3) is 0.467. The summed E-state index contributed by atoms with van der Waals surface area (Å²) in [4.78, 5) is 20.0. The predicted octanol–water partition coefficient (Wildman–Crippen LogP) is 8.77. The molecular weight excluding hydrogens is 507 g/mol. The van der Waals surface area contributed by atoms with Crippen molar-refractivity contribution >= 4 is 35.0 Å². The number of nitrogens with zero attached hydrogens (tertiary/aromatic N) is 2. The van der Waals surface area contributed by atoms with E-state index in [0.717, 1.165) is 59.6 Å². The Labute approximate surface area is 227 Å². The summed E-state index contributed by atoms with van der Waals surface area (Å²) in [5.41, 5.74) is 5.56. The summed E-state index contributed by atoms with van der Waals surface area (Å²) in [5, 5.41) is 2.12. The van der Waals surface area contributed by atoms with Crippen LogP contribution in [0.2, 0.25) is 10.0 Å². The molecular formula is C30H32Cl2N2OS. The molecule has 0 bridgehead atoms. The first-order chi connectivity index (χ1) is 17.6. The molecule has 6 rings (SSSR count). The van der Waals surface area contributed by atoms with Crippen LogP contribution in [-0.4, -0.2) is 9.55 Å². The van der Waals surface area contributed by atoms with Crippen molar-refractivity contribution < 1.29 is 0 Å². The molecule has 2 saturated carbocycles. The molecule has 2 fully saturated rings. The fourth-order valence-corrected chi connectivity index (χ4v) is 8.36. The highest BCUT2D eigenvalue weighted by atomic mass is 35.5. The normalized spacial score (nSPS) is 19.2. The molecule has 6 heteroatoms. The minimum absolute atomic E-state index is 0.0783. The number of hydrogen-bond acceptors (Lipinski definition) is 3. The maximum atomic E-state index is 14.6. The van der Waals surface area contributed by atoms with Gasteiger partial charge in [-0.3, -0.25) is 9.36 Å². The van der Waals surface area contributed by atoms with Gasteiger partial charge in [-0.25, -0.2) is 4.98 Å². The maximum Gasteiger partial charge on any atom is 0.258 e. The van der Waals surface area contributed by atoms with E-state index in [1.54, 1.807) is 17.8 Å². The number of rotatable bonds is 4. The summed E-state index contributed by atoms with van der Waals surface area (Å²) in [6, 6.07) is 14.5. The minimum Gasteiger partial charge on any atom is -0.284 e. The second-order valence-corrected chi connectivity index (χ2v) is 12.6. The van der Waals surface area contributed by atoms with Gasteiger partial charge in [0.05, 0.1) is 11.3 Å². The molecule has 3 aliphatic carbocycles. The standard InChI is InChI=1S/C30H32Cl2N2OS/c31-22-14-13-21(25(32)17-22)19-36-29-33-27-24-12-6-5-9-20(24)18-30(15-7-2-8-16-30)26(27)28(35)34(29)23-10-3-1-4-11-23/h5-6,9,12-14,17,23H,1-4,7-8,10-11,15-16,18-19H2. The van der Waals surface area contributed by atoms with E-state index in [-0.39, 0.29) is 17.0 Å². The van der Waals surface area contributed by atoms with Crippen LogP contribution in [0.5, 0.6) is 0 Å². The Morgan fingerprint density at radius 3 is 2.50 bits per heavy atom. The van der Waals surface area contributed by atoms with E-state index in [1.165, 1.54) is 44.1 Å². The molecule has 188 valence electrons. The Balaban J connectivity index is 1.52. The van der Waals surface area contributed by atoms with Gasteiger partial charge >= 0.3 is 0 Å². The van der Waals surface area contributed by atoms with Gasteiger partial charge in [0.15, 0.2) is 5.16 Å². The third-order valence-corrected chi connectivity index (χ3v) is 10.1. The largest absolute Gasteiger partial charge is 0.284 e. The first-order valence-corrected chi connectivity index (χ1v) is 15.1. The van der Waals surface area contributed by atoms with Gasteiger partial charge in [-0.2, -0.15) is 0 Å². The molecule has 0 amide bonds. The van der Waals surface area contributed by atoms with Crippen molar-refractivity contribution in [2.24, 2.45) is 0 Å². The van der Waals surface area contributed by atoms with Crippen molar-refractivity contribution in [1.82, 2.24) is 9.55 Å². The van der Waals surface area contributed by atoms with Gasteiger partial charge in [0, 0.05) is 32.8 Å². The fourth-order valence-electron chi connectivity index (χ4n) is 6.74. The van der Waals surface area contributed by atoms with E-state index >= 15 is 0 Å². The number of thioether (sulfide) groups is 1. The number of aromatic nitrogens is 2. The maximum absolute atomic E-state index is 14.6. The van der Waals surface area contributed by atoms with Crippen molar-refractivity contribution in [2.45, 2.75) is 93.0 Å². The lowest BCUT2D eigenvalue weighted by atomic mass is 9.62. The van der Waals surface area contributed by atoms with Gasteiger partial charge in [-0.15, -0.1) is 0 Å². The van der Waals surface area contributed by atoms with Gasteiger partial charge in [0.1, 0.15) is 0 Å². The van der Waals surface area contributed by atoms with Crippen LogP contribution >= 0.6 is 35.0 Å². The van der Waals surface area contributed by atoms with E-state index < -0.39 is 0 Å². The number of hydrogen-bond donors (Lipinski definition) is 0. The molecule has 0 N–H and O–H groups in total. The molecule has 3 aliphatic rings. The molecule has 0 radical (unpaired) electrons. The topological polar surface area (TPSA) is 34.9 Å². The molecule has 1 heterocycles. The van der Waals surface area contributed by atoms with Gasteiger partial charge in [0.2, 0.25) is 0 Å². The summed E-state index contributed by atoms with van der Waals surface area (Å²) in [7, 11) is 0. The van der Waals surface area contributed by atoms with Crippen molar-refractivity contribution in [2.75, 3.05) is 0 Å². The predicted molar refractivity (Wildman–Crippen MR) is 151 cm³/mol. The average Bonchev–Trinajstić information content (AvgIpc) is 2.89. The Hall–Kier alpha value is -1.75. The van der Waals surface area contributed by atoms with Crippen LogP contribution in [0, 0.1) is 0 Å². The zero-order chi connectivity index (χ0) is 24.7. The van der Waals surface area contributed by atoms with Gasteiger partial charge in [-0.05, 0) is 55.4 Å². The minimum atomic E-state index is -0.0783. The molecule has 3 nitrogen and oxygen atoms in total. The lowest BCUT2D eigenvalue weighted by Crippen LogP contribution is -2.44. The van der Waals surface area contributed by atoms with Crippen LogP contribution in [0.1, 0.15) is 86.9 Å². The first kappa shape index (κ1) is 24.6. The Bertz CT molecular complexity index is 1340. The Kier molecular flexibility index (Phi) is 6.96. The summed E-state index contributed by atoms with van der Waals surface area (Å²) >= 11 is 14.3. The smallest absolute Gasteiger partial charge is 0.258 e. The van der Waals surface area contributed by atoms with Crippen molar-refractivity contribution in [1.29, 1.82) is 0 Å². The Morgan fingerprint density at radius 2 is 1.72 bits per heavy atom. The summed E-state index contributed by atoms with van der Waals surface area (Å²) in [6.45, 7) is 0. The molecule has 3 aromatic rings. The quantitative estimate of drug-likeness (QED) is 0.246. The zero-order valence-electron chi connectivity index (χ0n) is 20.6. The molecule has 0 aliphatic heterocycles. The van der Waals surface area contributed by atoms with Crippen molar-refractivity contribution in [3.63, 3.8) is 0 Å². The van der Waals surface area contributed by atoms with Crippen LogP contribution in [-0.2, 0) is 17.6 Å². The third-order valence-electron chi connectivity index (χ3n) is 8.54. The van der Waals surface area contributed by atoms with Crippen LogP contribution in [0.4, 0.5) is 0 Å². The second kappa shape index (κ2) is 10.2. The third kappa shape index (κ3) is 4.44. The number of halogens is 2. The number of benzene rings is 2. The van der Waals surface area contributed by atoms with E-state index in [4.69, 9.17) is 28.2 Å². The summed E-state index contributed by atoms with van der Waals surface area (Å²) < 4.78 is 2.09. The van der Waals surface area contributed by atoms with Crippen LogP contribution in [0.25, 0.3) is 11.3 Å². The lowest BCUT2D eigenvalue weighted by molar-refractivity contribution is 0.273. The zero-order valence-corrected chi connectivity index (χ0v) is 22.9. The molecule has 2 aromatic carbocycles. The summed E-state index contributed by atoms with van der Waals surface area (Å²) in [5.74, 6) is 0.654. The van der Waals surface area contributed by atoms with Gasteiger partial charge < -0.3 is 0 Å². The highest BCUT2D eigenvalue weighted by Gasteiger charge is 2.44. The molecule has 0 unspecified atom stereocenters. The molecule has 36 heavy (non-hydrogen) atoms. The van der Waals surface area contributed by atoms with Crippen LogP contribution in [0.15, 0.2) is 52.4 Å². The van der Waals surface area contributed by atoms with Crippen LogP contribution < -0.4 is 5.56 Å². The highest BCUT2D eigenvalue weighted by Crippen LogP contribution is 2.49. The highest BCUT2D eigenvalue weighted by molar-refractivity contribution is 7.98. The van der Waals surface area contributed by atoms with Gasteiger partial charge in [-0.1, -0.05) is 104 Å². The Morgan fingerprint density at radius 1 is 0.972 bits per heavy atom. The average molecular weight is 540 g/mol.